The van der Waals surface area contributed by atoms with E-state index >= 15 is 0 Å². The lowest BCUT2D eigenvalue weighted by atomic mass is 9.92. The lowest BCUT2D eigenvalue weighted by molar-refractivity contribution is -0.139. The van der Waals surface area contributed by atoms with Gasteiger partial charge < -0.3 is 14.9 Å². The third kappa shape index (κ3) is 5.46. The Morgan fingerprint density at radius 1 is 1.21 bits per heavy atom. The summed E-state index contributed by atoms with van der Waals surface area (Å²) >= 11 is 0. The average Bonchev–Trinajstić information content (AvgIpc) is 2.24. The fraction of sp³-hybridized carbons (Fsp3) is 0.846. The van der Waals surface area contributed by atoms with Gasteiger partial charge in [0.25, 0.3) is 0 Å². The summed E-state index contributed by atoms with van der Waals surface area (Å²) in [5, 5.41) is 18.4. The molecular weight excluding hydrogens is 250 g/mol. The Bertz CT molecular complexity index is 328. The van der Waals surface area contributed by atoms with Gasteiger partial charge >= 0.3 is 12.1 Å². The maximum absolute atomic E-state index is 12.1. The minimum absolute atomic E-state index is 0.172. The Hall–Kier alpha value is -1.30. The first-order valence-electron chi connectivity index (χ1n) is 6.58. The van der Waals surface area contributed by atoms with Crippen molar-refractivity contribution in [2.75, 3.05) is 6.54 Å². The molecule has 2 N–H and O–H groups in total. The molecule has 0 heterocycles. The minimum Gasteiger partial charge on any atom is -0.480 e. The second-order valence-corrected chi connectivity index (χ2v) is 5.96. The van der Waals surface area contributed by atoms with Gasteiger partial charge in [-0.25, -0.2) is 4.79 Å². The van der Waals surface area contributed by atoms with Crippen molar-refractivity contribution in [3.8, 4) is 0 Å². The zero-order valence-corrected chi connectivity index (χ0v) is 11.8. The molecule has 0 aromatic heterocycles. The Kier molecular flexibility index (Phi) is 5.17. The topological polar surface area (TPSA) is 87.1 Å². The Balaban J connectivity index is 2.71. The van der Waals surface area contributed by atoms with Crippen molar-refractivity contribution < 1.29 is 24.5 Å². The minimum atomic E-state index is -1.06. The maximum atomic E-state index is 12.1. The van der Waals surface area contributed by atoms with Gasteiger partial charge in [0.1, 0.15) is 12.1 Å². The van der Waals surface area contributed by atoms with Crippen LogP contribution in [0.4, 0.5) is 4.79 Å². The molecule has 1 rings (SSSR count). The maximum Gasteiger partial charge on any atom is 0.411 e. The molecule has 1 aliphatic carbocycles. The summed E-state index contributed by atoms with van der Waals surface area (Å²) in [5.74, 6) is -1.06. The van der Waals surface area contributed by atoms with Crippen LogP contribution in [-0.4, -0.2) is 51.5 Å². The lowest BCUT2D eigenvalue weighted by Crippen LogP contribution is -2.47. The van der Waals surface area contributed by atoms with E-state index in [9.17, 15) is 14.7 Å². The number of carboxylic acid groups (broad SMARTS) is 1. The van der Waals surface area contributed by atoms with Gasteiger partial charge in [0, 0.05) is 6.04 Å². The lowest BCUT2D eigenvalue weighted by Gasteiger charge is -2.35. The monoisotopic (exact) mass is 273 g/mol. The highest BCUT2D eigenvalue weighted by atomic mass is 16.6. The highest BCUT2D eigenvalue weighted by molar-refractivity contribution is 5.77. The van der Waals surface area contributed by atoms with Gasteiger partial charge in [-0.05, 0) is 46.5 Å². The van der Waals surface area contributed by atoms with Gasteiger partial charge in [0.05, 0.1) is 6.10 Å². The van der Waals surface area contributed by atoms with Crippen LogP contribution in [0.25, 0.3) is 0 Å². The summed E-state index contributed by atoms with van der Waals surface area (Å²) in [6.45, 7) is 4.87. The SMILES string of the molecule is CC(C)(C)OC(=O)N(CC(=O)O)C1CCC(O)CC1. The molecule has 0 saturated heterocycles. The molecule has 1 saturated carbocycles. The van der Waals surface area contributed by atoms with Gasteiger partial charge in [-0.15, -0.1) is 0 Å². The van der Waals surface area contributed by atoms with Crippen molar-refractivity contribution in [2.24, 2.45) is 0 Å². The van der Waals surface area contributed by atoms with E-state index in [0.717, 1.165) is 0 Å². The molecule has 0 aromatic carbocycles. The molecule has 0 unspecified atom stereocenters. The van der Waals surface area contributed by atoms with E-state index in [1.807, 2.05) is 0 Å². The predicted octanol–water partition coefficient (Wildman–Crippen LogP) is 1.61. The van der Waals surface area contributed by atoms with Crippen LogP contribution in [0.3, 0.4) is 0 Å². The summed E-state index contributed by atoms with van der Waals surface area (Å²) in [7, 11) is 0. The van der Waals surface area contributed by atoms with Crippen LogP contribution >= 0.6 is 0 Å². The molecule has 0 radical (unpaired) electrons. The first kappa shape index (κ1) is 15.8. The van der Waals surface area contributed by atoms with Gasteiger partial charge in [0.15, 0.2) is 0 Å². The summed E-state index contributed by atoms with van der Waals surface area (Å²) in [5.41, 5.74) is -0.651. The molecule has 0 atom stereocenters. The summed E-state index contributed by atoms with van der Waals surface area (Å²) in [6, 6.07) is -0.172. The fourth-order valence-electron chi connectivity index (χ4n) is 2.18. The van der Waals surface area contributed by atoms with E-state index in [0.29, 0.717) is 25.7 Å². The molecule has 6 heteroatoms. The molecule has 19 heavy (non-hydrogen) atoms. The van der Waals surface area contributed by atoms with Gasteiger partial charge in [0.2, 0.25) is 0 Å². The van der Waals surface area contributed by atoms with E-state index in [2.05, 4.69) is 0 Å². The number of aliphatic hydroxyl groups is 1. The average molecular weight is 273 g/mol. The molecule has 110 valence electrons. The number of rotatable bonds is 3. The molecular formula is C13H23NO5. The summed E-state index contributed by atoms with van der Waals surface area (Å²) in [6.07, 6.45) is 1.44. The van der Waals surface area contributed by atoms with Gasteiger partial charge in [-0.3, -0.25) is 9.69 Å². The van der Waals surface area contributed by atoms with Crippen LogP contribution in [0.2, 0.25) is 0 Å². The third-order valence-electron chi connectivity index (χ3n) is 3.04. The molecule has 0 bridgehead atoms. The van der Waals surface area contributed by atoms with Crippen molar-refractivity contribution >= 4 is 12.1 Å². The van der Waals surface area contributed by atoms with Crippen LogP contribution in [0, 0.1) is 0 Å². The summed E-state index contributed by atoms with van der Waals surface area (Å²) < 4.78 is 5.24. The second kappa shape index (κ2) is 6.23. The zero-order valence-electron chi connectivity index (χ0n) is 11.8. The predicted molar refractivity (Wildman–Crippen MR) is 68.8 cm³/mol. The largest absolute Gasteiger partial charge is 0.480 e. The number of ether oxygens (including phenoxy) is 1. The van der Waals surface area contributed by atoms with Crippen molar-refractivity contribution in [3.63, 3.8) is 0 Å². The van der Waals surface area contributed by atoms with E-state index < -0.39 is 17.7 Å². The molecule has 1 amide bonds. The highest BCUT2D eigenvalue weighted by Gasteiger charge is 2.32. The van der Waals surface area contributed by atoms with Crippen LogP contribution in [0.5, 0.6) is 0 Å². The van der Waals surface area contributed by atoms with E-state index in [1.165, 1.54) is 4.90 Å². The normalized spacial score (nSPS) is 23.8. The molecule has 6 nitrogen and oxygen atoms in total. The fourth-order valence-corrected chi connectivity index (χ4v) is 2.18. The Morgan fingerprint density at radius 3 is 2.16 bits per heavy atom. The van der Waals surface area contributed by atoms with Crippen molar-refractivity contribution in [2.45, 2.75) is 64.2 Å². The number of amides is 1. The standard InChI is InChI=1S/C13H23NO5/c1-13(2,3)19-12(18)14(8-11(16)17)9-4-6-10(15)7-5-9/h9-10,15H,4-8H2,1-3H3,(H,16,17). The number of nitrogens with zero attached hydrogens (tertiary/aromatic N) is 1. The third-order valence-corrected chi connectivity index (χ3v) is 3.04. The Morgan fingerprint density at radius 2 is 1.74 bits per heavy atom. The van der Waals surface area contributed by atoms with Crippen LogP contribution in [0.15, 0.2) is 0 Å². The van der Waals surface area contributed by atoms with Gasteiger partial charge in [-0.1, -0.05) is 0 Å². The number of carboxylic acids is 1. The quantitative estimate of drug-likeness (QED) is 0.815. The number of hydrogen-bond acceptors (Lipinski definition) is 4. The highest BCUT2D eigenvalue weighted by Crippen LogP contribution is 2.24. The molecule has 1 fully saturated rings. The number of carbonyl (C=O) groups excluding carboxylic acids is 1. The first-order valence-corrected chi connectivity index (χ1v) is 6.58. The van der Waals surface area contributed by atoms with Crippen LogP contribution in [-0.2, 0) is 9.53 Å². The van der Waals surface area contributed by atoms with Crippen molar-refractivity contribution in [1.82, 2.24) is 4.90 Å². The van der Waals surface area contributed by atoms with Crippen LogP contribution in [0.1, 0.15) is 46.5 Å². The Labute approximate surface area is 113 Å². The summed E-state index contributed by atoms with van der Waals surface area (Å²) in [4.78, 5) is 24.2. The number of hydrogen-bond donors (Lipinski definition) is 2. The van der Waals surface area contributed by atoms with Crippen LogP contribution < -0.4 is 0 Å². The molecule has 0 aliphatic heterocycles. The number of carbonyl (C=O) groups is 2. The van der Waals surface area contributed by atoms with E-state index in [-0.39, 0.29) is 18.7 Å². The second-order valence-electron chi connectivity index (χ2n) is 5.96. The molecule has 1 aliphatic rings. The molecule has 0 aromatic rings. The molecule has 0 spiro atoms. The van der Waals surface area contributed by atoms with E-state index in [1.54, 1.807) is 20.8 Å². The van der Waals surface area contributed by atoms with Crippen molar-refractivity contribution in [1.29, 1.82) is 0 Å². The smallest absolute Gasteiger partial charge is 0.411 e. The van der Waals surface area contributed by atoms with E-state index in [4.69, 9.17) is 9.84 Å². The number of aliphatic carboxylic acids is 1. The number of aliphatic hydroxyl groups excluding tert-OH is 1. The van der Waals surface area contributed by atoms with Crippen molar-refractivity contribution in [3.05, 3.63) is 0 Å². The van der Waals surface area contributed by atoms with Gasteiger partial charge in [-0.2, -0.15) is 0 Å². The first-order chi connectivity index (χ1) is 8.69. The zero-order chi connectivity index (χ0) is 14.6.